The fraction of sp³-hybridized carbons (Fsp3) is 0.462. The van der Waals surface area contributed by atoms with Gasteiger partial charge in [-0.1, -0.05) is 25.5 Å². The highest BCUT2D eigenvalue weighted by atomic mass is 32.2. The van der Waals surface area contributed by atoms with Crippen molar-refractivity contribution in [3.05, 3.63) is 35.4 Å². The summed E-state index contributed by atoms with van der Waals surface area (Å²) in [7, 11) is -2.92. The normalized spacial score (nSPS) is 11.1. The standard InChI is InChI=1S/C13H17NO2S/c1-2-3-9-17(15,16)10-8-12-4-6-13(11-14)7-5-12/h4-7H,2-3,8-10H2,1H3. The fourth-order valence-corrected chi connectivity index (χ4v) is 2.96. The molecule has 0 atom stereocenters. The highest BCUT2D eigenvalue weighted by Gasteiger charge is 2.09. The van der Waals surface area contributed by atoms with Crippen molar-refractivity contribution in [1.82, 2.24) is 0 Å². The van der Waals surface area contributed by atoms with Crippen molar-refractivity contribution >= 4 is 9.84 Å². The maximum absolute atomic E-state index is 11.6. The number of hydrogen-bond acceptors (Lipinski definition) is 3. The predicted molar refractivity (Wildman–Crippen MR) is 68.4 cm³/mol. The minimum absolute atomic E-state index is 0.193. The Kier molecular flexibility index (Phi) is 5.17. The summed E-state index contributed by atoms with van der Waals surface area (Å²) in [6.45, 7) is 1.98. The smallest absolute Gasteiger partial charge is 0.150 e. The summed E-state index contributed by atoms with van der Waals surface area (Å²) in [5, 5.41) is 8.64. The van der Waals surface area contributed by atoms with Gasteiger partial charge in [0.2, 0.25) is 0 Å². The third-order valence-corrected chi connectivity index (χ3v) is 4.33. The summed E-state index contributed by atoms with van der Waals surface area (Å²) in [5.74, 6) is 0.471. The zero-order valence-electron chi connectivity index (χ0n) is 10.0. The number of nitriles is 1. The van der Waals surface area contributed by atoms with Crippen molar-refractivity contribution in [2.45, 2.75) is 26.2 Å². The van der Waals surface area contributed by atoms with Crippen LogP contribution in [0, 0.1) is 11.3 Å². The molecule has 0 N–H and O–H groups in total. The molecule has 0 unspecified atom stereocenters. The summed E-state index contributed by atoms with van der Waals surface area (Å²) in [6.07, 6.45) is 2.16. The van der Waals surface area contributed by atoms with Crippen LogP contribution in [0.1, 0.15) is 30.9 Å². The Bertz CT molecular complexity index is 483. The minimum atomic E-state index is -2.92. The van der Waals surface area contributed by atoms with Crippen molar-refractivity contribution < 1.29 is 8.42 Å². The molecule has 1 rings (SSSR count). The van der Waals surface area contributed by atoms with Crippen LogP contribution in [-0.4, -0.2) is 19.9 Å². The second-order valence-corrected chi connectivity index (χ2v) is 6.37. The van der Waals surface area contributed by atoms with E-state index in [4.69, 9.17) is 5.26 Å². The van der Waals surface area contributed by atoms with E-state index in [9.17, 15) is 8.42 Å². The second-order valence-electron chi connectivity index (χ2n) is 4.06. The molecule has 3 nitrogen and oxygen atoms in total. The molecule has 0 radical (unpaired) electrons. The van der Waals surface area contributed by atoms with Gasteiger partial charge in [0.05, 0.1) is 23.1 Å². The molecule has 0 heterocycles. The molecular weight excluding hydrogens is 234 g/mol. The molecule has 0 bridgehead atoms. The number of nitrogens with zero attached hydrogens (tertiary/aromatic N) is 1. The van der Waals surface area contributed by atoms with E-state index in [0.717, 1.165) is 18.4 Å². The quantitative estimate of drug-likeness (QED) is 0.779. The van der Waals surface area contributed by atoms with Gasteiger partial charge in [0, 0.05) is 0 Å². The van der Waals surface area contributed by atoms with Gasteiger partial charge >= 0.3 is 0 Å². The number of unbranched alkanes of at least 4 members (excludes halogenated alkanes) is 1. The third-order valence-electron chi connectivity index (χ3n) is 2.59. The average Bonchev–Trinajstić information content (AvgIpc) is 2.35. The van der Waals surface area contributed by atoms with Gasteiger partial charge in [0.1, 0.15) is 0 Å². The van der Waals surface area contributed by atoms with E-state index >= 15 is 0 Å². The van der Waals surface area contributed by atoms with E-state index in [1.807, 2.05) is 25.1 Å². The summed E-state index contributed by atoms with van der Waals surface area (Å²) >= 11 is 0. The lowest BCUT2D eigenvalue weighted by Crippen LogP contribution is -2.12. The highest BCUT2D eigenvalue weighted by Crippen LogP contribution is 2.06. The predicted octanol–water partition coefficient (Wildman–Crippen LogP) is 2.32. The topological polar surface area (TPSA) is 57.9 Å². The van der Waals surface area contributed by atoms with Gasteiger partial charge in [0.15, 0.2) is 9.84 Å². The van der Waals surface area contributed by atoms with Crippen LogP contribution in [0.3, 0.4) is 0 Å². The van der Waals surface area contributed by atoms with Crippen LogP contribution in [0.4, 0.5) is 0 Å². The Morgan fingerprint density at radius 1 is 1.18 bits per heavy atom. The van der Waals surface area contributed by atoms with Gasteiger partial charge < -0.3 is 0 Å². The zero-order chi connectivity index (χ0) is 12.7. The molecule has 0 aliphatic rings. The van der Waals surface area contributed by atoms with Gasteiger partial charge in [-0.25, -0.2) is 8.42 Å². The Hall–Kier alpha value is -1.34. The van der Waals surface area contributed by atoms with Crippen molar-refractivity contribution in [2.24, 2.45) is 0 Å². The molecule has 0 aromatic heterocycles. The molecule has 0 aliphatic carbocycles. The van der Waals surface area contributed by atoms with E-state index in [2.05, 4.69) is 0 Å². The second kappa shape index (κ2) is 6.41. The summed E-state index contributed by atoms with van der Waals surface area (Å²) in [4.78, 5) is 0. The van der Waals surface area contributed by atoms with Crippen LogP contribution >= 0.6 is 0 Å². The lowest BCUT2D eigenvalue weighted by molar-refractivity contribution is 0.592. The summed E-state index contributed by atoms with van der Waals surface area (Å²) in [6, 6.07) is 9.10. The zero-order valence-corrected chi connectivity index (χ0v) is 10.8. The molecule has 1 aromatic rings. The van der Waals surface area contributed by atoms with Gasteiger partial charge in [-0.2, -0.15) is 5.26 Å². The minimum Gasteiger partial charge on any atom is -0.229 e. The van der Waals surface area contributed by atoms with E-state index in [-0.39, 0.29) is 11.5 Å². The molecule has 17 heavy (non-hydrogen) atoms. The van der Waals surface area contributed by atoms with Gasteiger partial charge in [-0.3, -0.25) is 0 Å². The van der Waals surface area contributed by atoms with Gasteiger partial charge in [0.25, 0.3) is 0 Å². The monoisotopic (exact) mass is 251 g/mol. The summed E-state index contributed by atoms with van der Waals surface area (Å²) in [5.41, 5.74) is 1.56. The molecule has 4 heteroatoms. The van der Waals surface area contributed by atoms with E-state index in [1.54, 1.807) is 12.1 Å². The lowest BCUT2D eigenvalue weighted by Gasteiger charge is -2.03. The average molecular weight is 251 g/mol. The first-order chi connectivity index (χ1) is 8.07. The van der Waals surface area contributed by atoms with Gasteiger partial charge in [-0.15, -0.1) is 0 Å². The molecule has 0 saturated carbocycles. The van der Waals surface area contributed by atoms with Crippen molar-refractivity contribution in [2.75, 3.05) is 11.5 Å². The molecule has 0 fully saturated rings. The van der Waals surface area contributed by atoms with Crippen LogP contribution in [-0.2, 0) is 16.3 Å². The van der Waals surface area contributed by atoms with E-state index in [0.29, 0.717) is 12.0 Å². The first kappa shape index (κ1) is 13.7. The molecule has 92 valence electrons. The molecule has 0 amide bonds. The first-order valence-electron chi connectivity index (χ1n) is 5.77. The maximum Gasteiger partial charge on any atom is 0.150 e. The molecular formula is C13H17NO2S. The first-order valence-corrected chi connectivity index (χ1v) is 7.59. The van der Waals surface area contributed by atoms with E-state index in [1.165, 1.54) is 0 Å². The molecule has 1 aromatic carbocycles. The third kappa shape index (κ3) is 5.01. The Balaban J connectivity index is 2.53. The molecule has 0 saturated heterocycles. The van der Waals surface area contributed by atoms with Crippen LogP contribution < -0.4 is 0 Å². The Labute approximate surface area is 103 Å². The number of benzene rings is 1. The highest BCUT2D eigenvalue weighted by molar-refractivity contribution is 7.91. The fourth-order valence-electron chi connectivity index (χ4n) is 1.49. The molecule has 0 spiro atoms. The van der Waals surface area contributed by atoms with Crippen LogP contribution in [0.25, 0.3) is 0 Å². The Morgan fingerprint density at radius 3 is 2.35 bits per heavy atom. The van der Waals surface area contributed by atoms with Crippen molar-refractivity contribution in [3.8, 4) is 6.07 Å². The van der Waals surface area contributed by atoms with Crippen LogP contribution in [0.5, 0.6) is 0 Å². The van der Waals surface area contributed by atoms with E-state index < -0.39 is 9.84 Å². The number of sulfone groups is 1. The lowest BCUT2D eigenvalue weighted by atomic mass is 10.1. The number of hydrogen-bond donors (Lipinski definition) is 0. The van der Waals surface area contributed by atoms with Crippen molar-refractivity contribution in [1.29, 1.82) is 5.26 Å². The molecule has 0 aliphatic heterocycles. The largest absolute Gasteiger partial charge is 0.229 e. The number of rotatable bonds is 6. The van der Waals surface area contributed by atoms with Crippen LogP contribution in [0.15, 0.2) is 24.3 Å². The van der Waals surface area contributed by atoms with Crippen molar-refractivity contribution in [3.63, 3.8) is 0 Å². The Morgan fingerprint density at radius 2 is 1.82 bits per heavy atom. The summed E-state index contributed by atoms with van der Waals surface area (Å²) < 4.78 is 23.3. The number of aryl methyl sites for hydroxylation is 1. The SMILES string of the molecule is CCCCS(=O)(=O)CCc1ccc(C#N)cc1. The maximum atomic E-state index is 11.6. The van der Waals surface area contributed by atoms with Crippen LogP contribution in [0.2, 0.25) is 0 Å². The van der Waals surface area contributed by atoms with Gasteiger partial charge in [-0.05, 0) is 30.5 Å².